The lowest BCUT2D eigenvalue weighted by Gasteiger charge is -1.99. The van der Waals surface area contributed by atoms with Gasteiger partial charge in [-0.1, -0.05) is 6.07 Å². The van der Waals surface area contributed by atoms with Crippen molar-refractivity contribution in [3.05, 3.63) is 41.2 Å². The molecule has 0 aliphatic heterocycles. The molecule has 2 rings (SSSR count). The van der Waals surface area contributed by atoms with Crippen molar-refractivity contribution in [3.63, 3.8) is 0 Å². The van der Waals surface area contributed by atoms with Crippen LogP contribution in [0.25, 0.3) is 0 Å². The first-order valence-corrected chi connectivity index (χ1v) is 6.01. The van der Waals surface area contributed by atoms with Gasteiger partial charge in [0.2, 0.25) is 0 Å². The number of hydrogen-bond donors (Lipinski definition) is 1. The number of rotatable bonds is 4. The fourth-order valence-electron chi connectivity index (χ4n) is 1.80. The molecule has 0 radical (unpaired) electrons. The standard InChI is InChI=1S/C13H12F2N4O2/c1-7-12(8(2)19(18-7)6-11(20)21)16-17-13-9(14)4-3-5-10(13)15/h3-5H,6H2,1-2H3,(H,20,21). The van der Waals surface area contributed by atoms with Gasteiger partial charge in [0, 0.05) is 0 Å². The monoisotopic (exact) mass is 294 g/mol. The highest BCUT2D eigenvalue weighted by molar-refractivity contribution is 5.67. The number of carboxylic acids is 1. The molecule has 0 saturated heterocycles. The van der Waals surface area contributed by atoms with Gasteiger partial charge in [-0.3, -0.25) is 9.48 Å². The molecule has 1 heterocycles. The van der Waals surface area contributed by atoms with Crippen molar-refractivity contribution in [2.45, 2.75) is 20.4 Å². The van der Waals surface area contributed by atoms with Crippen LogP contribution in [0, 0.1) is 25.5 Å². The van der Waals surface area contributed by atoms with Gasteiger partial charge in [0.25, 0.3) is 0 Å². The van der Waals surface area contributed by atoms with Crippen molar-refractivity contribution in [1.82, 2.24) is 9.78 Å². The molecule has 0 aliphatic carbocycles. The van der Waals surface area contributed by atoms with Gasteiger partial charge in [-0.25, -0.2) is 8.78 Å². The minimum absolute atomic E-state index is 0.291. The molecular formula is C13H12F2N4O2. The summed E-state index contributed by atoms with van der Waals surface area (Å²) >= 11 is 0. The van der Waals surface area contributed by atoms with Gasteiger partial charge in [-0.15, -0.1) is 10.2 Å². The van der Waals surface area contributed by atoms with Gasteiger partial charge < -0.3 is 5.11 Å². The van der Waals surface area contributed by atoms with E-state index in [2.05, 4.69) is 15.3 Å². The van der Waals surface area contributed by atoms with Gasteiger partial charge in [-0.05, 0) is 26.0 Å². The van der Waals surface area contributed by atoms with E-state index in [9.17, 15) is 13.6 Å². The highest BCUT2D eigenvalue weighted by atomic mass is 19.1. The van der Waals surface area contributed by atoms with Crippen LogP contribution in [0.2, 0.25) is 0 Å². The van der Waals surface area contributed by atoms with Crippen LogP contribution in [-0.4, -0.2) is 20.9 Å². The molecule has 0 spiro atoms. The van der Waals surface area contributed by atoms with Gasteiger partial charge in [-0.2, -0.15) is 5.10 Å². The van der Waals surface area contributed by atoms with E-state index >= 15 is 0 Å². The number of aliphatic carboxylic acids is 1. The number of aryl methyl sites for hydroxylation is 1. The fourth-order valence-corrected chi connectivity index (χ4v) is 1.80. The Balaban J connectivity index is 2.38. The average molecular weight is 294 g/mol. The van der Waals surface area contributed by atoms with Gasteiger partial charge in [0.05, 0.1) is 11.4 Å². The van der Waals surface area contributed by atoms with Crippen LogP contribution in [-0.2, 0) is 11.3 Å². The molecule has 110 valence electrons. The minimum atomic E-state index is -1.05. The van der Waals surface area contributed by atoms with Crippen LogP contribution < -0.4 is 0 Å². The Bertz CT molecular complexity index is 705. The summed E-state index contributed by atoms with van der Waals surface area (Å²) in [5.74, 6) is -2.71. The zero-order valence-corrected chi connectivity index (χ0v) is 11.3. The molecule has 0 unspecified atom stereocenters. The van der Waals surface area contributed by atoms with E-state index in [1.165, 1.54) is 10.7 Å². The number of hydrogen-bond acceptors (Lipinski definition) is 4. The normalized spacial score (nSPS) is 11.2. The Morgan fingerprint density at radius 1 is 1.24 bits per heavy atom. The minimum Gasteiger partial charge on any atom is -0.480 e. The van der Waals surface area contributed by atoms with E-state index in [1.54, 1.807) is 13.8 Å². The lowest BCUT2D eigenvalue weighted by Crippen LogP contribution is -2.11. The number of halogens is 2. The van der Waals surface area contributed by atoms with Crippen LogP contribution in [0.5, 0.6) is 0 Å². The van der Waals surface area contributed by atoms with Crippen molar-refractivity contribution in [2.24, 2.45) is 10.2 Å². The number of azo groups is 1. The maximum absolute atomic E-state index is 13.4. The Morgan fingerprint density at radius 2 is 1.81 bits per heavy atom. The molecule has 1 aromatic heterocycles. The molecule has 0 fully saturated rings. The zero-order valence-electron chi connectivity index (χ0n) is 11.3. The number of aromatic nitrogens is 2. The summed E-state index contributed by atoms with van der Waals surface area (Å²) < 4.78 is 28.1. The van der Waals surface area contributed by atoms with E-state index in [0.29, 0.717) is 17.1 Å². The molecular weight excluding hydrogens is 282 g/mol. The lowest BCUT2D eigenvalue weighted by atomic mass is 10.3. The molecule has 0 bridgehead atoms. The van der Waals surface area contributed by atoms with Crippen LogP contribution in [0.15, 0.2) is 28.4 Å². The zero-order chi connectivity index (χ0) is 15.6. The molecule has 0 atom stereocenters. The smallest absolute Gasteiger partial charge is 0.325 e. The van der Waals surface area contributed by atoms with Gasteiger partial charge in [0.15, 0.2) is 17.3 Å². The van der Waals surface area contributed by atoms with E-state index in [-0.39, 0.29) is 6.54 Å². The first kappa shape index (κ1) is 14.8. The summed E-state index contributed by atoms with van der Waals surface area (Å²) in [5.41, 5.74) is 0.672. The first-order valence-electron chi connectivity index (χ1n) is 6.01. The van der Waals surface area contributed by atoms with Crippen molar-refractivity contribution in [3.8, 4) is 0 Å². The largest absolute Gasteiger partial charge is 0.480 e. The molecule has 2 aromatic rings. The second kappa shape index (κ2) is 5.78. The molecule has 1 aromatic carbocycles. The van der Waals surface area contributed by atoms with Crippen LogP contribution in [0.3, 0.4) is 0 Å². The highest BCUT2D eigenvalue weighted by Crippen LogP contribution is 2.28. The average Bonchev–Trinajstić information content (AvgIpc) is 2.64. The number of nitrogens with zero attached hydrogens (tertiary/aromatic N) is 4. The summed E-state index contributed by atoms with van der Waals surface area (Å²) in [6.45, 7) is 2.89. The van der Waals surface area contributed by atoms with Crippen molar-refractivity contribution in [2.75, 3.05) is 0 Å². The van der Waals surface area contributed by atoms with Crippen LogP contribution >= 0.6 is 0 Å². The summed E-state index contributed by atoms with van der Waals surface area (Å²) in [6.07, 6.45) is 0. The molecule has 8 heteroatoms. The third-order valence-corrected chi connectivity index (χ3v) is 2.82. The third-order valence-electron chi connectivity index (χ3n) is 2.82. The quantitative estimate of drug-likeness (QED) is 0.879. The van der Waals surface area contributed by atoms with Crippen molar-refractivity contribution in [1.29, 1.82) is 0 Å². The fraction of sp³-hybridized carbons (Fsp3) is 0.231. The topological polar surface area (TPSA) is 79.8 Å². The van der Waals surface area contributed by atoms with Crippen LogP contribution in [0.1, 0.15) is 11.4 Å². The molecule has 0 amide bonds. The summed E-state index contributed by atoms with van der Waals surface area (Å²) in [5, 5.41) is 20.1. The Kier molecular flexibility index (Phi) is 4.06. The predicted octanol–water partition coefficient (Wildman–Crippen LogP) is 3.28. The van der Waals surface area contributed by atoms with E-state index < -0.39 is 23.3 Å². The van der Waals surface area contributed by atoms with Gasteiger partial charge in [0.1, 0.15) is 12.2 Å². The number of carboxylic acid groups (broad SMARTS) is 1. The Morgan fingerprint density at radius 3 is 2.38 bits per heavy atom. The summed E-state index contributed by atoms with van der Waals surface area (Å²) in [7, 11) is 0. The second-order valence-electron chi connectivity index (χ2n) is 4.34. The Labute approximate surface area is 118 Å². The highest BCUT2D eigenvalue weighted by Gasteiger charge is 2.14. The van der Waals surface area contributed by atoms with Crippen molar-refractivity contribution >= 4 is 17.3 Å². The lowest BCUT2D eigenvalue weighted by molar-refractivity contribution is -0.137. The van der Waals surface area contributed by atoms with E-state index in [1.807, 2.05) is 0 Å². The second-order valence-corrected chi connectivity index (χ2v) is 4.34. The maximum Gasteiger partial charge on any atom is 0.325 e. The Hall–Kier alpha value is -2.64. The predicted molar refractivity (Wildman–Crippen MR) is 69.9 cm³/mol. The summed E-state index contributed by atoms with van der Waals surface area (Å²) in [4.78, 5) is 10.7. The third kappa shape index (κ3) is 3.10. The van der Waals surface area contributed by atoms with Crippen LogP contribution in [0.4, 0.5) is 20.2 Å². The van der Waals surface area contributed by atoms with E-state index in [4.69, 9.17) is 5.11 Å². The van der Waals surface area contributed by atoms with E-state index in [0.717, 1.165) is 12.1 Å². The first-order chi connectivity index (χ1) is 9.90. The molecule has 0 saturated carbocycles. The van der Waals surface area contributed by atoms with Crippen molar-refractivity contribution < 1.29 is 18.7 Å². The summed E-state index contributed by atoms with van der Waals surface area (Å²) in [6, 6.07) is 3.38. The molecule has 0 aliphatic rings. The maximum atomic E-state index is 13.4. The molecule has 21 heavy (non-hydrogen) atoms. The number of carbonyl (C=O) groups is 1. The van der Waals surface area contributed by atoms with Gasteiger partial charge >= 0.3 is 5.97 Å². The molecule has 6 nitrogen and oxygen atoms in total. The number of benzene rings is 1. The molecule has 1 N–H and O–H groups in total. The SMILES string of the molecule is Cc1nn(CC(=O)O)c(C)c1N=Nc1c(F)cccc1F.